The van der Waals surface area contributed by atoms with Gasteiger partial charge in [-0.2, -0.15) is 0 Å². The normalized spacial score (nSPS) is 16.7. The van der Waals surface area contributed by atoms with E-state index in [0.29, 0.717) is 18.5 Å². The summed E-state index contributed by atoms with van der Waals surface area (Å²) in [5.41, 5.74) is -0.446. The molecule has 1 aliphatic rings. The van der Waals surface area contributed by atoms with Crippen LogP contribution in [0.4, 0.5) is 8.96 Å². The lowest BCUT2D eigenvalue weighted by molar-refractivity contribution is -0.338. The number of nitrogens with one attached hydrogen (secondary N) is 1. The molecule has 1 saturated heterocycles. The Morgan fingerprint density at radius 2 is 1.91 bits per heavy atom. The topological polar surface area (TPSA) is 27.7 Å². The molecule has 0 spiro atoms. The zero-order chi connectivity index (χ0) is 15.9. The van der Waals surface area contributed by atoms with Crippen LogP contribution in [0.3, 0.4) is 0 Å². The minimum atomic E-state index is -1.24. The van der Waals surface area contributed by atoms with Crippen LogP contribution in [0.1, 0.15) is 32.3 Å². The molecule has 1 fully saturated rings. The van der Waals surface area contributed by atoms with Gasteiger partial charge in [-0.25, -0.2) is 0 Å². The first kappa shape index (κ1) is 17.1. The molecule has 1 aromatic rings. The van der Waals surface area contributed by atoms with Crippen molar-refractivity contribution in [1.29, 1.82) is 0 Å². The van der Waals surface area contributed by atoms with Crippen molar-refractivity contribution in [3.63, 3.8) is 0 Å². The first-order chi connectivity index (χ1) is 10.6. The third kappa shape index (κ3) is 5.19. The predicted molar refractivity (Wildman–Crippen MR) is 82.3 cm³/mol. The summed E-state index contributed by atoms with van der Waals surface area (Å²) in [6.45, 7) is 7.98. The van der Waals surface area contributed by atoms with Crippen LogP contribution in [0.2, 0.25) is 0 Å². The van der Waals surface area contributed by atoms with Crippen molar-refractivity contribution in [3.05, 3.63) is 29.8 Å². The van der Waals surface area contributed by atoms with Crippen molar-refractivity contribution in [2.75, 3.05) is 19.6 Å². The molecule has 0 bridgehead atoms. The molecule has 1 aromatic carbocycles. The van der Waals surface area contributed by atoms with E-state index in [4.69, 9.17) is 0 Å². The average Bonchev–Trinajstić information content (AvgIpc) is 2.48. The average molecular weight is 313 g/mol. The molecule has 1 N–H and O–H groups in total. The molecular formula is C16H25F2N3O. The fourth-order valence-corrected chi connectivity index (χ4v) is 3.00. The number of nitrogens with zero attached hydrogens (tertiary/aromatic N) is 2. The molecular weight excluding hydrogens is 288 g/mol. The van der Waals surface area contributed by atoms with E-state index < -0.39 is 5.51 Å². The Balaban J connectivity index is 2.12. The Hall–Kier alpha value is -1.24. The third-order valence-corrected chi connectivity index (χ3v) is 3.94. The summed E-state index contributed by atoms with van der Waals surface area (Å²) >= 11 is 0. The van der Waals surface area contributed by atoms with Crippen LogP contribution in [-0.2, 0) is 6.54 Å². The van der Waals surface area contributed by atoms with Crippen LogP contribution in [0, 0.1) is 5.92 Å². The molecule has 0 aliphatic carbocycles. The molecule has 0 atom stereocenters. The predicted octanol–water partition coefficient (Wildman–Crippen LogP) is 3.26. The van der Waals surface area contributed by atoms with E-state index in [2.05, 4.69) is 28.9 Å². The van der Waals surface area contributed by atoms with E-state index in [0.717, 1.165) is 38.0 Å². The van der Waals surface area contributed by atoms with Gasteiger partial charge < -0.3 is 10.2 Å². The van der Waals surface area contributed by atoms with Gasteiger partial charge in [0.05, 0.1) is 0 Å². The van der Waals surface area contributed by atoms with Crippen LogP contribution in [0.5, 0.6) is 5.75 Å². The first-order valence-corrected chi connectivity index (χ1v) is 7.88. The molecule has 1 heterocycles. The molecule has 1 aliphatic heterocycles. The molecule has 6 heteroatoms. The van der Waals surface area contributed by atoms with Crippen LogP contribution >= 0.6 is 0 Å². The maximum Gasteiger partial charge on any atom is 0.210 e. The second kappa shape index (κ2) is 8.41. The minimum Gasteiger partial charge on any atom is -0.350 e. The SMILES string of the molecule is CC(C)CN(Cc1ccccc1ON(F)F)C1CCNCC1. The molecule has 4 nitrogen and oxygen atoms in total. The van der Waals surface area contributed by atoms with Crippen molar-refractivity contribution in [2.24, 2.45) is 5.92 Å². The largest absolute Gasteiger partial charge is 0.350 e. The van der Waals surface area contributed by atoms with Gasteiger partial charge in [-0.15, -0.1) is 0 Å². The highest BCUT2D eigenvalue weighted by Gasteiger charge is 2.23. The van der Waals surface area contributed by atoms with Gasteiger partial charge >= 0.3 is 0 Å². The van der Waals surface area contributed by atoms with Crippen LogP contribution in [-0.4, -0.2) is 36.1 Å². The number of para-hydroxylation sites is 1. The molecule has 0 aromatic heterocycles. The van der Waals surface area contributed by atoms with Gasteiger partial charge in [0.2, 0.25) is 5.51 Å². The summed E-state index contributed by atoms with van der Waals surface area (Å²) in [6.07, 6.45) is 2.18. The van der Waals surface area contributed by atoms with Gasteiger partial charge in [0.15, 0.2) is 5.75 Å². The Morgan fingerprint density at radius 3 is 2.55 bits per heavy atom. The van der Waals surface area contributed by atoms with Gasteiger partial charge in [-0.05, 0) is 37.9 Å². The lowest BCUT2D eigenvalue weighted by Crippen LogP contribution is -2.44. The fraction of sp³-hybridized carbons (Fsp3) is 0.625. The zero-order valence-corrected chi connectivity index (χ0v) is 13.3. The van der Waals surface area contributed by atoms with Crippen molar-refractivity contribution in [3.8, 4) is 5.75 Å². The van der Waals surface area contributed by atoms with Gasteiger partial charge in [-0.1, -0.05) is 41.0 Å². The molecule has 22 heavy (non-hydrogen) atoms. The quantitative estimate of drug-likeness (QED) is 0.618. The highest BCUT2D eigenvalue weighted by atomic mass is 19.4. The van der Waals surface area contributed by atoms with E-state index in [9.17, 15) is 8.96 Å². The third-order valence-electron chi connectivity index (χ3n) is 3.94. The van der Waals surface area contributed by atoms with Crippen LogP contribution in [0.25, 0.3) is 0 Å². The van der Waals surface area contributed by atoms with E-state index in [-0.39, 0.29) is 5.75 Å². The van der Waals surface area contributed by atoms with E-state index in [1.165, 1.54) is 0 Å². The first-order valence-electron chi connectivity index (χ1n) is 7.88. The number of piperidine rings is 1. The van der Waals surface area contributed by atoms with Gasteiger partial charge in [0, 0.05) is 24.7 Å². The van der Waals surface area contributed by atoms with E-state index in [1.54, 1.807) is 12.1 Å². The molecule has 0 saturated carbocycles. The Kier molecular flexibility index (Phi) is 6.54. The maximum atomic E-state index is 12.4. The van der Waals surface area contributed by atoms with Gasteiger partial charge in [0.1, 0.15) is 0 Å². The summed E-state index contributed by atoms with van der Waals surface area (Å²) in [4.78, 5) is 6.90. The number of halogens is 2. The summed E-state index contributed by atoms with van der Waals surface area (Å²) in [5.74, 6) is 0.747. The summed E-state index contributed by atoms with van der Waals surface area (Å²) in [5, 5.41) is 3.37. The number of rotatable bonds is 7. The minimum absolute atomic E-state index is 0.218. The molecule has 0 radical (unpaired) electrons. The van der Waals surface area contributed by atoms with Crippen LogP contribution < -0.4 is 10.2 Å². The molecule has 0 unspecified atom stereocenters. The van der Waals surface area contributed by atoms with Crippen molar-refractivity contribution in [2.45, 2.75) is 39.3 Å². The highest BCUT2D eigenvalue weighted by molar-refractivity contribution is 5.33. The van der Waals surface area contributed by atoms with Crippen molar-refractivity contribution in [1.82, 2.24) is 15.7 Å². The lowest BCUT2D eigenvalue weighted by atomic mass is 10.0. The van der Waals surface area contributed by atoms with E-state index in [1.807, 2.05) is 12.1 Å². The zero-order valence-electron chi connectivity index (χ0n) is 13.3. The maximum absolute atomic E-state index is 12.4. The highest BCUT2D eigenvalue weighted by Crippen LogP contribution is 2.24. The summed E-state index contributed by atoms with van der Waals surface area (Å²) in [7, 11) is 0. The standard InChI is InChI=1S/C16H25F2N3O/c1-13(2)11-20(15-7-9-19-10-8-15)12-14-5-3-4-6-16(14)22-21(17)18/h3-6,13,15,19H,7-12H2,1-2H3. The molecule has 0 amide bonds. The van der Waals surface area contributed by atoms with Crippen molar-refractivity contribution < 1.29 is 13.8 Å². The summed E-state index contributed by atoms with van der Waals surface area (Å²) < 4.78 is 24.8. The number of hydrogen-bond acceptors (Lipinski definition) is 4. The summed E-state index contributed by atoms with van der Waals surface area (Å²) in [6, 6.07) is 7.49. The Labute approximate surface area is 130 Å². The fourth-order valence-electron chi connectivity index (χ4n) is 3.00. The van der Waals surface area contributed by atoms with Gasteiger partial charge in [0.25, 0.3) is 0 Å². The smallest absolute Gasteiger partial charge is 0.210 e. The van der Waals surface area contributed by atoms with E-state index >= 15 is 0 Å². The molecule has 124 valence electrons. The number of hydrogen-bond donors (Lipinski definition) is 1. The van der Waals surface area contributed by atoms with Gasteiger partial charge in [-0.3, -0.25) is 4.90 Å². The lowest BCUT2D eigenvalue weighted by Gasteiger charge is -2.36. The molecule has 2 rings (SSSR count). The number of benzene rings is 1. The Morgan fingerprint density at radius 1 is 1.23 bits per heavy atom. The second-order valence-corrected chi connectivity index (χ2v) is 6.21. The second-order valence-electron chi connectivity index (χ2n) is 6.21. The Bertz CT molecular complexity index is 451. The van der Waals surface area contributed by atoms with Crippen molar-refractivity contribution >= 4 is 0 Å². The monoisotopic (exact) mass is 313 g/mol. The van der Waals surface area contributed by atoms with Crippen LogP contribution in [0.15, 0.2) is 24.3 Å².